The fourth-order valence-corrected chi connectivity index (χ4v) is 4.10. The minimum atomic E-state index is 0.559. The van der Waals surface area contributed by atoms with Gasteiger partial charge in [-0.1, -0.05) is 30.3 Å². The van der Waals surface area contributed by atoms with E-state index in [1.807, 2.05) is 17.5 Å². The molecule has 152 valence electrons. The summed E-state index contributed by atoms with van der Waals surface area (Å²) in [5.74, 6) is 1.40. The highest BCUT2D eigenvalue weighted by atomic mass is 32.1. The van der Waals surface area contributed by atoms with Crippen LogP contribution in [0, 0.1) is 0 Å². The summed E-state index contributed by atoms with van der Waals surface area (Å²) in [6.07, 6.45) is 4.35. The number of thiophene rings is 1. The second-order valence-electron chi connectivity index (χ2n) is 7.20. The number of aliphatic imine (C=N–C) groups is 1. The van der Waals surface area contributed by atoms with Gasteiger partial charge in [-0.3, -0.25) is 9.89 Å². The zero-order valence-electron chi connectivity index (χ0n) is 16.7. The maximum Gasteiger partial charge on any atom is 0.236 e. The molecule has 0 spiro atoms. The van der Waals surface area contributed by atoms with Crippen LogP contribution in [0.1, 0.15) is 29.7 Å². The van der Waals surface area contributed by atoms with Gasteiger partial charge in [0.1, 0.15) is 6.26 Å². The van der Waals surface area contributed by atoms with Crippen LogP contribution in [0.5, 0.6) is 0 Å². The molecule has 0 bridgehead atoms. The number of oxazole rings is 1. The van der Waals surface area contributed by atoms with E-state index in [4.69, 9.17) is 4.42 Å². The Kier molecular flexibility index (Phi) is 6.59. The maximum atomic E-state index is 5.56. The average molecular weight is 410 g/mol. The second-order valence-corrected chi connectivity index (χ2v) is 8.15. The fourth-order valence-electron chi connectivity index (χ4n) is 3.44. The van der Waals surface area contributed by atoms with Gasteiger partial charge in [-0.05, 0) is 48.5 Å². The Balaban J connectivity index is 1.24. The Morgan fingerprint density at radius 2 is 1.86 bits per heavy atom. The average Bonchev–Trinajstić information content (AvgIpc) is 3.51. The van der Waals surface area contributed by atoms with Crippen molar-refractivity contribution in [1.82, 2.24) is 20.5 Å². The van der Waals surface area contributed by atoms with Crippen LogP contribution in [-0.4, -0.2) is 36.0 Å². The van der Waals surface area contributed by atoms with Crippen LogP contribution in [0.15, 0.2) is 57.5 Å². The predicted octanol–water partition coefficient (Wildman–Crippen LogP) is 3.86. The highest BCUT2D eigenvalue weighted by Crippen LogP contribution is 2.23. The third kappa shape index (κ3) is 5.46. The van der Waals surface area contributed by atoms with Crippen molar-refractivity contribution in [2.75, 3.05) is 20.1 Å². The van der Waals surface area contributed by atoms with Gasteiger partial charge in [0.15, 0.2) is 5.96 Å². The number of rotatable bonds is 7. The molecule has 2 N–H and O–H groups in total. The summed E-state index contributed by atoms with van der Waals surface area (Å²) in [6.45, 7) is 4.80. The van der Waals surface area contributed by atoms with Gasteiger partial charge in [0, 0.05) is 20.1 Å². The molecule has 0 amide bonds. The van der Waals surface area contributed by atoms with E-state index in [1.165, 1.54) is 37.1 Å². The number of nitrogens with one attached hydrogen (secondary N) is 2. The van der Waals surface area contributed by atoms with E-state index < -0.39 is 0 Å². The molecule has 3 heterocycles. The predicted molar refractivity (Wildman–Crippen MR) is 118 cm³/mol. The minimum Gasteiger partial charge on any atom is -0.443 e. The van der Waals surface area contributed by atoms with E-state index in [0.29, 0.717) is 12.4 Å². The third-order valence-corrected chi connectivity index (χ3v) is 5.89. The largest absolute Gasteiger partial charge is 0.443 e. The molecule has 1 fully saturated rings. The molecule has 1 aromatic carbocycles. The molecule has 0 aliphatic carbocycles. The first kappa shape index (κ1) is 19.7. The smallest absolute Gasteiger partial charge is 0.236 e. The first-order valence-corrected chi connectivity index (χ1v) is 10.9. The fraction of sp³-hybridized carbons (Fsp3) is 0.364. The molecular formula is C22H27N5OS. The van der Waals surface area contributed by atoms with E-state index >= 15 is 0 Å². The number of nitrogens with zero attached hydrogens (tertiary/aromatic N) is 3. The molecule has 1 aliphatic heterocycles. The van der Waals surface area contributed by atoms with Crippen molar-refractivity contribution in [2.24, 2.45) is 4.99 Å². The number of likely N-dealkylation sites (tertiary alicyclic amines) is 1. The first-order valence-electron chi connectivity index (χ1n) is 10.0. The Labute approximate surface area is 175 Å². The van der Waals surface area contributed by atoms with Gasteiger partial charge >= 0.3 is 0 Å². The van der Waals surface area contributed by atoms with Crippen LogP contribution in [0.25, 0.3) is 10.8 Å². The van der Waals surface area contributed by atoms with E-state index in [-0.39, 0.29) is 0 Å². The van der Waals surface area contributed by atoms with Gasteiger partial charge in [0.2, 0.25) is 5.89 Å². The zero-order chi connectivity index (χ0) is 19.9. The Bertz CT molecular complexity index is 911. The summed E-state index contributed by atoms with van der Waals surface area (Å²) >= 11 is 1.62. The summed E-state index contributed by atoms with van der Waals surface area (Å²) in [6, 6.07) is 12.8. The van der Waals surface area contributed by atoms with Crippen molar-refractivity contribution in [3.05, 3.63) is 64.9 Å². The van der Waals surface area contributed by atoms with Gasteiger partial charge in [-0.25, -0.2) is 4.98 Å². The van der Waals surface area contributed by atoms with Crippen molar-refractivity contribution in [3.63, 3.8) is 0 Å². The van der Waals surface area contributed by atoms with Crippen LogP contribution < -0.4 is 10.6 Å². The van der Waals surface area contributed by atoms with Crippen molar-refractivity contribution < 1.29 is 4.42 Å². The molecule has 0 unspecified atom stereocenters. The van der Waals surface area contributed by atoms with Crippen LogP contribution in [-0.2, 0) is 19.6 Å². The summed E-state index contributed by atoms with van der Waals surface area (Å²) < 4.78 is 5.56. The van der Waals surface area contributed by atoms with Crippen LogP contribution in [0.3, 0.4) is 0 Å². The quantitative estimate of drug-likeness (QED) is 0.458. The molecule has 0 atom stereocenters. The normalized spacial score (nSPS) is 15.0. The first-order chi connectivity index (χ1) is 14.3. The molecule has 4 rings (SSSR count). The molecule has 6 nitrogen and oxygen atoms in total. The number of benzene rings is 1. The van der Waals surface area contributed by atoms with Crippen LogP contribution >= 0.6 is 11.3 Å². The van der Waals surface area contributed by atoms with E-state index in [9.17, 15) is 0 Å². The molecule has 2 aromatic heterocycles. The molecule has 29 heavy (non-hydrogen) atoms. The van der Waals surface area contributed by atoms with Crippen molar-refractivity contribution in [3.8, 4) is 10.8 Å². The van der Waals surface area contributed by atoms with Crippen LogP contribution in [0.2, 0.25) is 0 Å². The lowest BCUT2D eigenvalue weighted by Crippen LogP contribution is -2.36. The maximum absolute atomic E-state index is 5.56. The van der Waals surface area contributed by atoms with Gasteiger partial charge in [0.05, 0.1) is 17.1 Å². The van der Waals surface area contributed by atoms with Gasteiger partial charge in [-0.15, -0.1) is 11.3 Å². The van der Waals surface area contributed by atoms with Gasteiger partial charge in [0.25, 0.3) is 0 Å². The number of guanidine groups is 1. The molecule has 0 saturated carbocycles. The molecule has 0 radical (unpaired) electrons. The summed E-state index contributed by atoms with van der Waals surface area (Å²) in [5, 5.41) is 8.66. The molecule has 1 saturated heterocycles. The lowest BCUT2D eigenvalue weighted by molar-refractivity contribution is 0.331. The zero-order valence-corrected chi connectivity index (χ0v) is 17.5. The van der Waals surface area contributed by atoms with E-state index in [1.54, 1.807) is 24.6 Å². The molecular weight excluding hydrogens is 382 g/mol. The topological polar surface area (TPSA) is 65.7 Å². The lowest BCUT2D eigenvalue weighted by atomic mass is 10.1. The molecule has 1 aliphatic rings. The summed E-state index contributed by atoms with van der Waals surface area (Å²) in [7, 11) is 1.77. The standard InChI is InChI=1S/C22H27N5OS/c1-23-22(25-14-19-16-28-21(26-19)20-5-4-12-29-20)24-13-17-6-8-18(9-7-17)15-27-10-2-3-11-27/h4-9,12,16H,2-3,10-11,13-15H2,1H3,(H2,23,24,25). The Morgan fingerprint density at radius 1 is 1.10 bits per heavy atom. The Morgan fingerprint density at radius 3 is 2.59 bits per heavy atom. The Hall–Kier alpha value is -2.64. The second kappa shape index (κ2) is 9.71. The summed E-state index contributed by atoms with van der Waals surface area (Å²) in [5.41, 5.74) is 3.47. The minimum absolute atomic E-state index is 0.559. The molecule has 7 heteroatoms. The van der Waals surface area contributed by atoms with Gasteiger partial charge in [-0.2, -0.15) is 0 Å². The highest BCUT2D eigenvalue weighted by Gasteiger charge is 2.11. The van der Waals surface area contributed by atoms with Crippen molar-refractivity contribution in [2.45, 2.75) is 32.5 Å². The van der Waals surface area contributed by atoms with Crippen LogP contribution in [0.4, 0.5) is 0 Å². The molecule has 3 aromatic rings. The van der Waals surface area contributed by atoms with Crippen molar-refractivity contribution >= 4 is 17.3 Å². The number of aromatic nitrogens is 1. The number of hydrogen-bond acceptors (Lipinski definition) is 5. The van der Waals surface area contributed by atoms with E-state index in [2.05, 4.69) is 49.8 Å². The summed E-state index contributed by atoms with van der Waals surface area (Å²) in [4.78, 5) is 12.4. The van der Waals surface area contributed by atoms with E-state index in [0.717, 1.165) is 29.6 Å². The lowest BCUT2D eigenvalue weighted by Gasteiger charge is -2.15. The number of hydrogen-bond donors (Lipinski definition) is 2. The third-order valence-electron chi connectivity index (χ3n) is 5.03. The van der Waals surface area contributed by atoms with Gasteiger partial charge < -0.3 is 15.1 Å². The van der Waals surface area contributed by atoms with Crippen molar-refractivity contribution in [1.29, 1.82) is 0 Å². The highest BCUT2D eigenvalue weighted by molar-refractivity contribution is 7.13. The SMILES string of the molecule is CN=C(NCc1ccc(CN2CCCC2)cc1)NCc1coc(-c2cccs2)n1. The monoisotopic (exact) mass is 409 g/mol.